The van der Waals surface area contributed by atoms with E-state index in [0.717, 1.165) is 20.6 Å². The minimum atomic E-state index is -0.593. The van der Waals surface area contributed by atoms with Gasteiger partial charge in [0.25, 0.3) is 0 Å². The normalized spacial score (nSPS) is 12.3. The van der Waals surface area contributed by atoms with Crippen molar-refractivity contribution in [3.63, 3.8) is 0 Å². The van der Waals surface area contributed by atoms with Gasteiger partial charge in [-0.3, -0.25) is 0 Å². The Morgan fingerprint density at radius 2 is 1.63 bits per heavy atom. The van der Waals surface area contributed by atoms with E-state index in [1.54, 1.807) is 0 Å². The van der Waals surface area contributed by atoms with Crippen molar-refractivity contribution >= 4 is 37.5 Å². The third-order valence-electron chi connectivity index (χ3n) is 2.67. The summed E-state index contributed by atoms with van der Waals surface area (Å²) in [5.41, 5.74) is 1.42. The van der Waals surface area contributed by atoms with Gasteiger partial charge in [-0.25, -0.2) is 8.78 Å². The third kappa shape index (κ3) is 3.76. The van der Waals surface area contributed by atoms with Gasteiger partial charge in [-0.05, 0) is 36.8 Å². The number of nitrogens with one attached hydrogen (secondary N) is 1. The van der Waals surface area contributed by atoms with Gasteiger partial charge < -0.3 is 5.32 Å². The van der Waals surface area contributed by atoms with Crippen LogP contribution in [0.4, 0.5) is 14.5 Å². The highest BCUT2D eigenvalue weighted by Gasteiger charge is 2.10. The maximum atomic E-state index is 13.1. The van der Waals surface area contributed by atoms with E-state index in [-0.39, 0.29) is 6.04 Å². The van der Waals surface area contributed by atoms with Gasteiger partial charge in [0.15, 0.2) is 0 Å². The summed E-state index contributed by atoms with van der Waals surface area (Å²) in [6.45, 7) is 1.93. The predicted octanol–water partition coefficient (Wildman–Crippen LogP) is 5.66. The Balaban J connectivity index is 2.22. The molecular weight excluding hydrogens is 380 g/mol. The molecule has 1 N–H and O–H groups in total. The lowest BCUT2D eigenvalue weighted by atomic mass is 10.1. The van der Waals surface area contributed by atoms with E-state index in [1.165, 1.54) is 12.1 Å². The molecule has 0 amide bonds. The Morgan fingerprint density at radius 3 is 2.21 bits per heavy atom. The van der Waals surface area contributed by atoms with Crippen molar-refractivity contribution in [3.05, 3.63) is 62.5 Å². The molecule has 0 saturated carbocycles. The predicted molar refractivity (Wildman–Crippen MR) is 80.2 cm³/mol. The fraction of sp³-hybridized carbons (Fsp3) is 0.143. The summed E-state index contributed by atoms with van der Waals surface area (Å²) in [5, 5.41) is 3.07. The molecule has 100 valence electrons. The highest BCUT2D eigenvalue weighted by atomic mass is 79.9. The van der Waals surface area contributed by atoms with Gasteiger partial charge >= 0.3 is 0 Å². The van der Waals surface area contributed by atoms with Crippen LogP contribution in [0.1, 0.15) is 18.5 Å². The highest BCUT2D eigenvalue weighted by molar-refractivity contribution is 9.11. The second-order valence-corrected chi connectivity index (χ2v) is 5.96. The maximum absolute atomic E-state index is 13.1. The zero-order valence-corrected chi connectivity index (χ0v) is 13.2. The zero-order valence-electron chi connectivity index (χ0n) is 10.1. The summed E-state index contributed by atoms with van der Waals surface area (Å²) < 4.78 is 28.1. The van der Waals surface area contributed by atoms with Crippen molar-refractivity contribution in [2.45, 2.75) is 13.0 Å². The van der Waals surface area contributed by atoms with Crippen molar-refractivity contribution in [1.82, 2.24) is 0 Å². The van der Waals surface area contributed by atoms with E-state index in [9.17, 15) is 8.78 Å². The standard InChI is InChI=1S/C14H11Br2F2N/c1-8(13-3-2-9(15)4-14(13)16)19-12-6-10(17)5-11(18)7-12/h2-8,19H,1H3. The quantitative estimate of drug-likeness (QED) is 0.712. The fourth-order valence-electron chi connectivity index (χ4n) is 1.82. The van der Waals surface area contributed by atoms with Gasteiger partial charge in [-0.2, -0.15) is 0 Å². The fourth-order valence-corrected chi connectivity index (χ4v) is 3.21. The first-order valence-corrected chi connectivity index (χ1v) is 7.22. The topological polar surface area (TPSA) is 12.0 Å². The van der Waals surface area contributed by atoms with E-state index >= 15 is 0 Å². The Kier molecular flexibility index (Phi) is 4.58. The number of anilines is 1. The molecule has 0 aromatic heterocycles. The summed E-state index contributed by atoms with van der Waals surface area (Å²) >= 11 is 6.85. The molecule has 0 aliphatic rings. The number of hydrogen-bond donors (Lipinski definition) is 1. The summed E-state index contributed by atoms with van der Waals surface area (Å²) in [7, 11) is 0. The molecule has 0 aliphatic carbocycles. The molecule has 2 aromatic rings. The molecular formula is C14H11Br2F2N. The molecule has 1 nitrogen and oxygen atoms in total. The molecule has 1 unspecified atom stereocenters. The molecule has 0 aliphatic heterocycles. The van der Waals surface area contributed by atoms with Gasteiger partial charge in [-0.1, -0.05) is 37.9 Å². The van der Waals surface area contributed by atoms with Crippen molar-refractivity contribution in [1.29, 1.82) is 0 Å². The van der Waals surface area contributed by atoms with Crippen LogP contribution in [0.2, 0.25) is 0 Å². The van der Waals surface area contributed by atoms with E-state index in [0.29, 0.717) is 5.69 Å². The van der Waals surface area contributed by atoms with Crippen LogP contribution in [0.3, 0.4) is 0 Å². The summed E-state index contributed by atoms with van der Waals surface area (Å²) in [4.78, 5) is 0. The van der Waals surface area contributed by atoms with Crippen LogP contribution >= 0.6 is 31.9 Å². The number of halogens is 4. The zero-order chi connectivity index (χ0) is 14.0. The molecule has 2 rings (SSSR count). The van der Waals surface area contributed by atoms with Crippen molar-refractivity contribution in [2.75, 3.05) is 5.32 Å². The summed E-state index contributed by atoms with van der Waals surface area (Å²) in [6.07, 6.45) is 0. The van der Waals surface area contributed by atoms with Crippen LogP contribution < -0.4 is 5.32 Å². The first-order chi connectivity index (χ1) is 8.95. The average Bonchev–Trinajstić information content (AvgIpc) is 2.26. The van der Waals surface area contributed by atoms with Crippen LogP contribution in [0.25, 0.3) is 0 Å². The first-order valence-electron chi connectivity index (χ1n) is 5.63. The van der Waals surface area contributed by atoms with E-state index < -0.39 is 11.6 Å². The molecule has 0 fully saturated rings. The van der Waals surface area contributed by atoms with Gasteiger partial charge in [0, 0.05) is 26.7 Å². The lowest BCUT2D eigenvalue weighted by Gasteiger charge is -2.17. The molecule has 2 aromatic carbocycles. The van der Waals surface area contributed by atoms with Crippen molar-refractivity contribution in [3.8, 4) is 0 Å². The van der Waals surface area contributed by atoms with E-state index in [4.69, 9.17) is 0 Å². The molecule has 0 bridgehead atoms. The molecule has 0 heterocycles. The minimum absolute atomic E-state index is 0.0799. The molecule has 0 saturated heterocycles. The van der Waals surface area contributed by atoms with Gasteiger partial charge in [0.1, 0.15) is 11.6 Å². The second-order valence-electron chi connectivity index (χ2n) is 4.19. The highest BCUT2D eigenvalue weighted by Crippen LogP contribution is 2.29. The lowest BCUT2D eigenvalue weighted by molar-refractivity contribution is 0.583. The smallest absolute Gasteiger partial charge is 0.128 e. The van der Waals surface area contributed by atoms with Crippen LogP contribution in [0.5, 0.6) is 0 Å². The largest absolute Gasteiger partial charge is 0.378 e. The molecule has 0 radical (unpaired) electrons. The van der Waals surface area contributed by atoms with Gasteiger partial charge in [-0.15, -0.1) is 0 Å². The van der Waals surface area contributed by atoms with Gasteiger partial charge in [0.05, 0.1) is 0 Å². The first kappa shape index (κ1) is 14.5. The Morgan fingerprint density at radius 1 is 1.00 bits per heavy atom. The second kappa shape index (κ2) is 6.01. The van der Waals surface area contributed by atoms with Crippen molar-refractivity contribution < 1.29 is 8.78 Å². The third-order valence-corrected chi connectivity index (χ3v) is 3.85. The van der Waals surface area contributed by atoms with Gasteiger partial charge in [0.2, 0.25) is 0 Å². The SMILES string of the molecule is CC(Nc1cc(F)cc(F)c1)c1ccc(Br)cc1Br. The molecule has 1 atom stereocenters. The summed E-state index contributed by atoms with van der Waals surface area (Å²) in [6, 6.07) is 9.11. The Hall–Kier alpha value is -0.940. The summed E-state index contributed by atoms with van der Waals surface area (Å²) in [5.74, 6) is -1.19. The van der Waals surface area contributed by atoms with Crippen LogP contribution in [-0.4, -0.2) is 0 Å². The number of hydrogen-bond acceptors (Lipinski definition) is 1. The number of rotatable bonds is 3. The van der Waals surface area contributed by atoms with Crippen LogP contribution in [0.15, 0.2) is 45.3 Å². The van der Waals surface area contributed by atoms with E-state index in [2.05, 4.69) is 37.2 Å². The number of benzene rings is 2. The Labute approximate surface area is 127 Å². The van der Waals surface area contributed by atoms with Crippen LogP contribution in [-0.2, 0) is 0 Å². The van der Waals surface area contributed by atoms with Crippen LogP contribution in [0, 0.1) is 11.6 Å². The molecule has 0 spiro atoms. The maximum Gasteiger partial charge on any atom is 0.128 e. The Bertz CT molecular complexity index is 582. The minimum Gasteiger partial charge on any atom is -0.378 e. The monoisotopic (exact) mass is 389 g/mol. The lowest BCUT2D eigenvalue weighted by Crippen LogP contribution is -2.07. The van der Waals surface area contributed by atoms with Crippen molar-refractivity contribution in [2.24, 2.45) is 0 Å². The molecule has 19 heavy (non-hydrogen) atoms. The molecule has 5 heteroatoms. The average molecular weight is 391 g/mol. The van der Waals surface area contributed by atoms with E-state index in [1.807, 2.05) is 25.1 Å².